The number of nitrogens with zero attached hydrogens (tertiary/aromatic N) is 1. The number of rotatable bonds is 3. The van der Waals surface area contributed by atoms with Crippen LogP contribution < -0.4 is 0 Å². The van der Waals surface area contributed by atoms with E-state index in [0.717, 1.165) is 0 Å². The molecule has 0 fully saturated rings. The van der Waals surface area contributed by atoms with E-state index in [1.165, 1.54) is 4.88 Å². The molecule has 0 aliphatic heterocycles. The fourth-order valence-corrected chi connectivity index (χ4v) is 1.74. The number of carbonyl (C=O) groups excluding carboxylic acids is 1. The van der Waals surface area contributed by atoms with E-state index in [2.05, 4.69) is 0 Å². The molecular formula is C10H13NOS. The molecule has 0 saturated carbocycles. The maximum atomic E-state index is 11.3. The molecule has 1 heterocycles. The van der Waals surface area contributed by atoms with E-state index in [9.17, 15) is 4.79 Å². The fourth-order valence-electron chi connectivity index (χ4n) is 0.984. The van der Waals surface area contributed by atoms with Crippen molar-refractivity contribution in [3.8, 4) is 0 Å². The highest BCUT2D eigenvalue weighted by Gasteiger charge is 2.04. The van der Waals surface area contributed by atoms with Crippen molar-refractivity contribution < 1.29 is 4.79 Å². The highest BCUT2D eigenvalue weighted by molar-refractivity contribution is 7.09. The Morgan fingerprint density at radius 2 is 2.46 bits per heavy atom. The molecule has 0 aliphatic rings. The SMILES string of the molecule is C/C=C/C(=O)N(C)Cc1cccs1. The second-order valence-corrected chi connectivity index (χ2v) is 3.81. The summed E-state index contributed by atoms with van der Waals surface area (Å²) in [6.45, 7) is 2.54. The van der Waals surface area contributed by atoms with E-state index in [-0.39, 0.29) is 5.91 Å². The molecule has 3 heteroatoms. The summed E-state index contributed by atoms with van der Waals surface area (Å²) < 4.78 is 0. The number of amides is 1. The standard InChI is InChI=1S/C10H13NOS/c1-3-5-10(12)11(2)8-9-6-4-7-13-9/h3-7H,8H2,1-2H3/b5-3+. The molecule has 0 spiro atoms. The van der Waals surface area contributed by atoms with Crippen molar-refractivity contribution in [3.63, 3.8) is 0 Å². The third-order valence-electron chi connectivity index (χ3n) is 1.66. The predicted octanol–water partition coefficient (Wildman–Crippen LogP) is 2.28. The van der Waals surface area contributed by atoms with E-state index < -0.39 is 0 Å². The lowest BCUT2D eigenvalue weighted by atomic mass is 10.4. The van der Waals surface area contributed by atoms with Crippen molar-refractivity contribution in [2.45, 2.75) is 13.5 Å². The van der Waals surface area contributed by atoms with Crippen molar-refractivity contribution in [2.24, 2.45) is 0 Å². The number of likely N-dealkylation sites (N-methyl/N-ethyl adjacent to an activating group) is 1. The fraction of sp³-hybridized carbons (Fsp3) is 0.300. The number of allylic oxidation sites excluding steroid dienone is 1. The molecule has 70 valence electrons. The van der Waals surface area contributed by atoms with Crippen molar-refractivity contribution in [1.29, 1.82) is 0 Å². The number of thiophene rings is 1. The summed E-state index contributed by atoms with van der Waals surface area (Å²) in [4.78, 5) is 14.2. The average Bonchev–Trinajstić information content (AvgIpc) is 2.57. The first-order valence-electron chi connectivity index (χ1n) is 4.14. The third kappa shape index (κ3) is 3.03. The molecule has 2 nitrogen and oxygen atoms in total. The molecule has 1 aromatic heterocycles. The minimum Gasteiger partial charge on any atom is -0.337 e. The lowest BCUT2D eigenvalue weighted by molar-refractivity contribution is -0.125. The van der Waals surface area contributed by atoms with Gasteiger partial charge in [-0.1, -0.05) is 12.1 Å². The Balaban J connectivity index is 2.50. The monoisotopic (exact) mass is 195 g/mol. The van der Waals surface area contributed by atoms with Gasteiger partial charge in [0.25, 0.3) is 0 Å². The smallest absolute Gasteiger partial charge is 0.246 e. The quantitative estimate of drug-likeness (QED) is 0.678. The molecule has 0 atom stereocenters. The predicted molar refractivity (Wildman–Crippen MR) is 55.6 cm³/mol. The molecule has 1 rings (SSSR count). The van der Waals surface area contributed by atoms with Gasteiger partial charge in [-0.3, -0.25) is 4.79 Å². The molecule has 0 radical (unpaired) electrons. The van der Waals surface area contributed by atoms with Gasteiger partial charge in [0.15, 0.2) is 0 Å². The van der Waals surface area contributed by atoms with Gasteiger partial charge in [0.1, 0.15) is 0 Å². The zero-order chi connectivity index (χ0) is 9.68. The van der Waals surface area contributed by atoms with Crippen LogP contribution in [0.3, 0.4) is 0 Å². The second kappa shape index (κ2) is 4.82. The van der Waals surface area contributed by atoms with Gasteiger partial charge in [0.05, 0.1) is 6.54 Å². The topological polar surface area (TPSA) is 20.3 Å². The number of hydrogen-bond donors (Lipinski definition) is 0. The Kier molecular flexibility index (Phi) is 3.71. The highest BCUT2D eigenvalue weighted by Crippen LogP contribution is 2.10. The van der Waals surface area contributed by atoms with Crippen LogP contribution in [0.2, 0.25) is 0 Å². The van der Waals surface area contributed by atoms with Crippen LogP contribution in [0.25, 0.3) is 0 Å². The molecule has 0 aliphatic carbocycles. The normalized spacial score (nSPS) is 10.6. The molecule has 0 saturated heterocycles. The molecular weight excluding hydrogens is 182 g/mol. The van der Waals surface area contributed by atoms with Crippen LogP contribution >= 0.6 is 11.3 Å². The van der Waals surface area contributed by atoms with Crippen LogP contribution in [0, 0.1) is 0 Å². The van der Waals surface area contributed by atoms with Gasteiger partial charge in [0.2, 0.25) is 5.91 Å². The highest BCUT2D eigenvalue weighted by atomic mass is 32.1. The molecule has 0 aromatic carbocycles. The first-order valence-corrected chi connectivity index (χ1v) is 5.02. The Labute approximate surface area is 82.5 Å². The lowest BCUT2D eigenvalue weighted by Crippen LogP contribution is -2.23. The van der Waals surface area contributed by atoms with Crippen molar-refractivity contribution in [3.05, 3.63) is 34.5 Å². The first kappa shape index (κ1) is 9.99. The average molecular weight is 195 g/mol. The van der Waals surface area contributed by atoms with Crippen molar-refractivity contribution in [1.82, 2.24) is 4.90 Å². The van der Waals surface area contributed by atoms with Crippen LogP contribution in [0.15, 0.2) is 29.7 Å². The zero-order valence-electron chi connectivity index (χ0n) is 7.86. The van der Waals surface area contributed by atoms with Gasteiger partial charge in [-0.15, -0.1) is 11.3 Å². The van der Waals surface area contributed by atoms with Gasteiger partial charge in [0, 0.05) is 11.9 Å². The summed E-state index contributed by atoms with van der Waals surface area (Å²) in [5.74, 6) is 0.0518. The van der Waals surface area contributed by atoms with Crippen LogP contribution in [0.4, 0.5) is 0 Å². The van der Waals surface area contributed by atoms with E-state index in [4.69, 9.17) is 0 Å². The summed E-state index contributed by atoms with van der Waals surface area (Å²) in [5.41, 5.74) is 0. The van der Waals surface area contributed by atoms with Crippen molar-refractivity contribution in [2.75, 3.05) is 7.05 Å². The number of carbonyl (C=O) groups is 1. The van der Waals surface area contributed by atoms with Gasteiger partial charge in [-0.2, -0.15) is 0 Å². The lowest BCUT2D eigenvalue weighted by Gasteiger charge is -2.13. The van der Waals surface area contributed by atoms with Crippen LogP contribution in [-0.4, -0.2) is 17.9 Å². The first-order chi connectivity index (χ1) is 6.24. The Hall–Kier alpha value is -1.09. The Morgan fingerprint density at radius 3 is 3.00 bits per heavy atom. The summed E-state index contributed by atoms with van der Waals surface area (Å²) in [6.07, 6.45) is 3.33. The minimum atomic E-state index is 0.0518. The van der Waals surface area contributed by atoms with E-state index in [1.54, 1.807) is 28.4 Å². The van der Waals surface area contributed by atoms with Gasteiger partial charge < -0.3 is 4.90 Å². The molecule has 1 aromatic rings. The maximum absolute atomic E-state index is 11.3. The van der Waals surface area contributed by atoms with Crippen LogP contribution in [0.5, 0.6) is 0 Å². The minimum absolute atomic E-state index is 0.0518. The van der Waals surface area contributed by atoms with Gasteiger partial charge >= 0.3 is 0 Å². The largest absolute Gasteiger partial charge is 0.337 e. The maximum Gasteiger partial charge on any atom is 0.246 e. The van der Waals surface area contributed by atoms with E-state index >= 15 is 0 Å². The van der Waals surface area contributed by atoms with Crippen LogP contribution in [-0.2, 0) is 11.3 Å². The summed E-state index contributed by atoms with van der Waals surface area (Å²) in [6, 6.07) is 4.03. The van der Waals surface area contributed by atoms with Gasteiger partial charge in [-0.25, -0.2) is 0 Å². The molecule has 0 N–H and O–H groups in total. The van der Waals surface area contributed by atoms with E-state index in [0.29, 0.717) is 6.54 Å². The molecule has 0 bridgehead atoms. The Morgan fingerprint density at radius 1 is 1.69 bits per heavy atom. The van der Waals surface area contributed by atoms with Crippen molar-refractivity contribution >= 4 is 17.2 Å². The molecule has 1 amide bonds. The zero-order valence-corrected chi connectivity index (χ0v) is 8.67. The summed E-state index contributed by atoms with van der Waals surface area (Å²) in [5, 5.41) is 2.02. The van der Waals surface area contributed by atoms with E-state index in [1.807, 2.05) is 31.5 Å². The second-order valence-electron chi connectivity index (χ2n) is 2.77. The summed E-state index contributed by atoms with van der Waals surface area (Å²) >= 11 is 1.67. The Bertz CT molecular complexity index is 290. The van der Waals surface area contributed by atoms with Gasteiger partial charge in [-0.05, 0) is 24.4 Å². The molecule has 13 heavy (non-hydrogen) atoms. The third-order valence-corrected chi connectivity index (χ3v) is 2.52. The molecule has 0 unspecified atom stereocenters. The van der Waals surface area contributed by atoms with Crippen LogP contribution in [0.1, 0.15) is 11.8 Å². The number of hydrogen-bond acceptors (Lipinski definition) is 2. The summed E-state index contributed by atoms with van der Waals surface area (Å²) in [7, 11) is 1.81.